The number of anilines is 1. The van der Waals surface area contributed by atoms with E-state index in [4.69, 9.17) is 0 Å². The van der Waals surface area contributed by atoms with Gasteiger partial charge in [0.2, 0.25) is 5.91 Å². The van der Waals surface area contributed by atoms with E-state index < -0.39 is 0 Å². The number of piperazine rings is 1. The van der Waals surface area contributed by atoms with Crippen molar-refractivity contribution >= 4 is 11.6 Å². The number of hydrogen-bond acceptors (Lipinski definition) is 4. The number of fused-ring (bicyclic) bond motifs is 1. The summed E-state index contributed by atoms with van der Waals surface area (Å²) < 4.78 is 0. The van der Waals surface area contributed by atoms with E-state index in [0.717, 1.165) is 64.2 Å². The third-order valence-corrected chi connectivity index (χ3v) is 5.18. The number of β-amino-alcohol motifs (C(OH)–C–C–N with tert-alkyl or cyclic N) is 1. The Morgan fingerprint density at radius 2 is 1.88 bits per heavy atom. The second-order valence-corrected chi connectivity index (χ2v) is 7.02. The average molecular weight is 343 g/mol. The molecule has 1 fully saturated rings. The molecular weight excluding hydrogens is 314 g/mol. The van der Waals surface area contributed by atoms with Gasteiger partial charge in [0.1, 0.15) is 0 Å². The summed E-state index contributed by atoms with van der Waals surface area (Å²) >= 11 is 0. The Hall–Kier alpha value is -1.69. The van der Waals surface area contributed by atoms with Crippen LogP contribution in [-0.2, 0) is 11.2 Å². The lowest BCUT2D eigenvalue weighted by atomic mass is 10.1. The number of carbonyl (C=O) groups is 1. The van der Waals surface area contributed by atoms with Crippen LogP contribution >= 0.6 is 0 Å². The molecule has 2 aliphatic rings. The van der Waals surface area contributed by atoms with E-state index in [-0.39, 0.29) is 12.0 Å². The predicted octanol–water partition coefficient (Wildman–Crippen LogP) is 1.52. The van der Waals surface area contributed by atoms with Gasteiger partial charge in [0.15, 0.2) is 0 Å². The van der Waals surface area contributed by atoms with Crippen LogP contribution in [0.1, 0.15) is 18.4 Å². The lowest BCUT2D eigenvalue weighted by molar-refractivity contribution is -0.120. The molecule has 0 radical (unpaired) electrons. The van der Waals surface area contributed by atoms with Crippen molar-refractivity contribution in [2.24, 2.45) is 0 Å². The monoisotopic (exact) mass is 343 g/mol. The number of aliphatic hydroxyl groups excluding tert-OH is 1. The fourth-order valence-electron chi connectivity index (χ4n) is 3.70. The summed E-state index contributed by atoms with van der Waals surface area (Å²) in [6.45, 7) is 9.29. The van der Waals surface area contributed by atoms with Crippen molar-refractivity contribution in [1.29, 1.82) is 0 Å². The molecule has 0 bridgehead atoms. The predicted molar refractivity (Wildman–Crippen MR) is 101 cm³/mol. The number of para-hydroxylation sites is 1. The Balaban J connectivity index is 1.43. The van der Waals surface area contributed by atoms with E-state index in [1.54, 1.807) is 0 Å². The van der Waals surface area contributed by atoms with Gasteiger partial charge in [-0.3, -0.25) is 14.6 Å². The first kappa shape index (κ1) is 18.1. The zero-order valence-electron chi connectivity index (χ0n) is 14.9. The smallest absolute Gasteiger partial charge is 0.241 e. The molecule has 1 aromatic carbocycles. The van der Waals surface area contributed by atoms with E-state index >= 15 is 0 Å². The molecule has 5 nitrogen and oxygen atoms in total. The maximum atomic E-state index is 12.7. The van der Waals surface area contributed by atoms with Crippen LogP contribution in [0.25, 0.3) is 0 Å². The van der Waals surface area contributed by atoms with Gasteiger partial charge >= 0.3 is 0 Å². The van der Waals surface area contributed by atoms with Gasteiger partial charge in [-0.05, 0) is 30.9 Å². The topological polar surface area (TPSA) is 47.0 Å². The molecule has 0 saturated carbocycles. The maximum absolute atomic E-state index is 12.7. The van der Waals surface area contributed by atoms with Crippen LogP contribution in [0.4, 0.5) is 5.69 Å². The summed E-state index contributed by atoms with van der Waals surface area (Å²) in [5.74, 6) is 0.199. The number of aliphatic hydroxyl groups is 1. The Bertz CT molecular complexity index is 596. The molecule has 5 heteroatoms. The van der Waals surface area contributed by atoms with E-state index in [0.29, 0.717) is 6.54 Å². The fraction of sp³-hybridized carbons (Fsp3) is 0.550. The molecule has 1 atom stereocenters. The molecule has 2 heterocycles. The minimum Gasteiger partial charge on any atom is -0.392 e. The SMILES string of the molecule is C=CCCC(O)CN1CCN(CC(=O)N2CCc3ccccc32)CC1. The van der Waals surface area contributed by atoms with Gasteiger partial charge in [0.05, 0.1) is 12.6 Å². The molecule has 1 unspecified atom stereocenters. The standard InChI is InChI=1S/C20H29N3O2/c1-2-3-7-18(24)15-21-11-13-22(14-12-21)16-20(25)23-10-9-17-6-4-5-8-19(17)23/h2,4-6,8,18,24H,1,3,7,9-16H2. The fourth-order valence-corrected chi connectivity index (χ4v) is 3.70. The lowest BCUT2D eigenvalue weighted by Gasteiger charge is -2.35. The van der Waals surface area contributed by atoms with Crippen molar-refractivity contribution in [3.8, 4) is 0 Å². The summed E-state index contributed by atoms with van der Waals surface area (Å²) in [5.41, 5.74) is 2.35. The molecule has 1 N–H and O–H groups in total. The van der Waals surface area contributed by atoms with Gasteiger partial charge in [0.25, 0.3) is 0 Å². The van der Waals surface area contributed by atoms with Crippen LogP contribution in [0.15, 0.2) is 36.9 Å². The van der Waals surface area contributed by atoms with Gasteiger partial charge in [-0.25, -0.2) is 0 Å². The van der Waals surface area contributed by atoms with Gasteiger partial charge in [0, 0.05) is 45.0 Å². The van der Waals surface area contributed by atoms with Crippen LogP contribution in [0, 0.1) is 0 Å². The van der Waals surface area contributed by atoms with E-state index in [9.17, 15) is 9.90 Å². The van der Waals surface area contributed by atoms with Crippen molar-refractivity contribution < 1.29 is 9.90 Å². The normalized spacial score (nSPS) is 19.6. The number of amides is 1. The summed E-state index contributed by atoms with van der Waals surface area (Å²) in [4.78, 5) is 19.1. The first-order chi connectivity index (χ1) is 12.2. The van der Waals surface area contributed by atoms with Gasteiger partial charge < -0.3 is 10.0 Å². The molecule has 0 aliphatic carbocycles. The van der Waals surface area contributed by atoms with Crippen LogP contribution in [0.2, 0.25) is 0 Å². The summed E-state index contributed by atoms with van der Waals surface area (Å²) in [6.07, 6.45) is 4.15. The molecule has 25 heavy (non-hydrogen) atoms. The average Bonchev–Trinajstić information content (AvgIpc) is 3.06. The summed E-state index contributed by atoms with van der Waals surface area (Å²) in [6, 6.07) is 8.19. The summed E-state index contributed by atoms with van der Waals surface area (Å²) in [5, 5.41) is 10.0. The molecule has 136 valence electrons. The minimum atomic E-state index is -0.285. The van der Waals surface area contributed by atoms with Gasteiger partial charge in [-0.1, -0.05) is 24.3 Å². The number of allylic oxidation sites excluding steroid dienone is 1. The van der Waals surface area contributed by atoms with E-state index in [1.807, 2.05) is 29.2 Å². The largest absolute Gasteiger partial charge is 0.392 e. The Labute approximate surface area is 150 Å². The maximum Gasteiger partial charge on any atom is 0.241 e. The minimum absolute atomic E-state index is 0.199. The highest BCUT2D eigenvalue weighted by atomic mass is 16.3. The molecule has 1 saturated heterocycles. The first-order valence-corrected chi connectivity index (χ1v) is 9.29. The lowest BCUT2D eigenvalue weighted by Crippen LogP contribution is -2.51. The number of hydrogen-bond donors (Lipinski definition) is 1. The molecule has 1 amide bonds. The van der Waals surface area contributed by atoms with Gasteiger partial charge in [-0.2, -0.15) is 0 Å². The van der Waals surface area contributed by atoms with Crippen molar-refractivity contribution in [1.82, 2.24) is 9.80 Å². The second-order valence-electron chi connectivity index (χ2n) is 7.02. The third-order valence-electron chi connectivity index (χ3n) is 5.18. The molecule has 2 aliphatic heterocycles. The number of nitrogens with zero attached hydrogens (tertiary/aromatic N) is 3. The van der Waals surface area contributed by atoms with Crippen molar-refractivity contribution in [3.05, 3.63) is 42.5 Å². The van der Waals surface area contributed by atoms with Gasteiger partial charge in [-0.15, -0.1) is 6.58 Å². The summed E-state index contributed by atoms with van der Waals surface area (Å²) in [7, 11) is 0. The zero-order valence-corrected chi connectivity index (χ0v) is 14.9. The second kappa shape index (κ2) is 8.61. The molecule has 0 spiro atoms. The Kier molecular flexibility index (Phi) is 6.24. The van der Waals surface area contributed by atoms with Crippen LogP contribution < -0.4 is 4.90 Å². The zero-order chi connectivity index (χ0) is 17.6. The van der Waals surface area contributed by atoms with Crippen LogP contribution in [0.3, 0.4) is 0 Å². The number of benzene rings is 1. The first-order valence-electron chi connectivity index (χ1n) is 9.29. The van der Waals surface area contributed by atoms with Crippen molar-refractivity contribution in [2.75, 3.05) is 50.7 Å². The highest BCUT2D eigenvalue weighted by molar-refractivity contribution is 5.96. The van der Waals surface area contributed by atoms with Crippen molar-refractivity contribution in [3.63, 3.8) is 0 Å². The highest BCUT2D eigenvalue weighted by Gasteiger charge is 2.27. The Morgan fingerprint density at radius 3 is 2.64 bits per heavy atom. The molecule has 0 aromatic heterocycles. The van der Waals surface area contributed by atoms with E-state index in [2.05, 4.69) is 22.4 Å². The van der Waals surface area contributed by atoms with Crippen LogP contribution in [0.5, 0.6) is 0 Å². The number of rotatable bonds is 7. The molecule has 3 rings (SSSR count). The Morgan fingerprint density at radius 1 is 1.16 bits per heavy atom. The molecule has 1 aromatic rings. The number of carbonyl (C=O) groups excluding carboxylic acids is 1. The van der Waals surface area contributed by atoms with Crippen LogP contribution in [-0.4, -0.2) is 72.7 Å². The highest BCUT2D eigenvalue weighted by Crippen LogP contribution is 2.27. The quantitative estimate of drug-likeness (QED) is 0.763. The van der Waals surface area contributed by atoms with Crippen molar-refractivity contribution in [2.45, 2.75) is 25.4 Å². The third kappa shape index (κ3) is 4.69. The molecular formula is C20H29N3O2. The van der Waals surface area contributed by atoms with E-state index in [1.165, 1.54) is 5.56 Å².